The van der Waals surface area contributed by atoms with Gasteiger partial charge in [0.2, 0.25) is 0 Å². The number of nitrogens with zero attached hydrogens (tertiary/aromatic N) is 2. The second kappa shape index (κ2) is 15.0. The van der Waals surface area contributed by atoms with Crippen molar-refractivity contribution in [2.75, 3.05) is 9.80 Å². The molecule has 3 heteroatoms. The molecule has 1 heterocycles. The van der Waals surface area contributed by atoms with Crippen LogP contribution >= 0.6 is 11.8 Å². The second-order valence-electron chi connectivity index (χ2n) is 15.3. The van der Waals surface area contributed by atoms with Gasteiger partial charge in [0.15, 0.2) is 0 Å². The van der Waals surface area contributed by atoms with Crippen LogP contribution in [0.1, 0.15) is 11.5 Å². The highest BCUT2D eigenvalue weighted by Gasteiger charge is 2.32. The highest BCUT2D eigenvalue weighted by atomic mass is 32.2. The van der Waals surface area contributed by atoms with E-state index in [4.69, 9.17) is 0 Å². The molecule has 9 aromatic rings. The van der Waals surface area contributed by atoms with Crippen molar-refractivity contribution in [2.45, 2.75) is 16.1 Å². The average molecular weight is 773 g/mol. The number of anilines is 6. The van der Waals surface area contributed by atoms with Crippen molar-refractivity contribution in [1.29, 1.82) is 0 Å². The fraction of sp³-hybridized carbons (Fsp3) is 0.0357. The molecule has 0 bridgehead atoms. The molecule has 0 fully saturated rings. The molecule has 0 spiro atoms. The summed E-state index contributed by atoms with van der Waals surface area (Å²) in [5.41, 5.74) is 13.1. The molecule has 0 saturated carbocycles. The Bertz CT molecular complexity index is 3090. The topological polar surface area (TPSA) is 6.48 Å². The first-order valence-electron chi connectivity index (χ1n) is 20.3. The Labute approximate surface area is 349 Å². The van der Waals surface area contributed by atoms with Crippen LogP contribution in [0, 0.1) is 0 Å². The third-order valence-corrected chi connectivity index (χ3v) is 13.0. The summed E-state index contributed by atoms with van der Waals surface area (Å²) < 4.78 is 0. The van der Waals surface area contributed by atoms with Crippen molar-refractivity contribution in [3.05, 3.63) is 234 Å². The van der Waals surface area contributed by atoms with E-state index in [1.807, 2.05) is 11.8 Å². The molecule has 2 nitrogen and oxygen atoms in total. The molecule has 2 aliphatic rings. The van der Waals surface area contributed by atoms with Crippen molar-refractivity contribution >= 4 is 68.8 Å². The van der Waals surface area contributed by atoms with Crippen LogP contribution in [-0.2, 0) is 0 Å². The minimum atomic E-state index is 0.275. The Morgan fingerprint density at radius 3 is 1.46 bits per heavy atom. The monoisotopic (exact) mass is 772 g/mol. The molecule has 1 aliphatic carbocycles. The standard InChI is InChI=1S/C56H40N2S/c1-5-17-39(18-6-1)49-25-13-15-27-53(49)57(45-21-9-3-10-22-45)47-31-29-41-37-55-51(35-43(41)33-47)52-36-44-34-48(32-30-42(44)38-56(52)59-55)58(46-23-11-4-12-24-46)54-28-16-14-26-50(54)40-19-7-2-8-20-40/h1-38,51,55H. The first-order chi connectivity index (χ1) is 29.2. The fourth-order valence-electron chi connectivity index (χ4n) is 8.94. The molecule has 0 aromatic heterocycles. The van der Waals surface area contributed by atoms with E-state index in [0.717, 1.165) is 34.1 Å². The summed E-state index contributed by atoms with van der Waals surface area (Å²) in [6.45, 7) is 0. The van der Waals surface area contributed by atoms with Gasteiger partial charge in [0.05, 0.1) is 11.4 Å². The molecule has 2 atom stereocenters. The van der Waals surface area contributed by atoms with Gasteiger partial charge in [0.1, 0.15) is 0 Å². The van der Waals surface area contributed by atoms with Gasteiger partial charge in [-0.25, -0.2) is 0 Å². The van der Waals surface area contributed by atoms with Crippen LogP contribution in [0.25, 0.3) is 45.2 Å². The Hall–Kier alpha value is -7.07. The van der Waals surface area contributed by atoms with Crippen LogP contribution in [0.4, 0.5) is 34.1 Å². The maximum absolute atomic E-state index is 2.52. The maximum Gasteiger partial charge on any atom is 0.0540 e. The second-order valence-corrected chi connectivity index (χ2v) is 16.5. The van der Waals surface area contributed by atoms with Crippen LogP contribution in [0.3, 0.4) is 0 Å². The van der Waals surface area contributed by atoms with Crippen molar-refractivity contribution in [1.82, 2.24) is 0 Å². The van der Waals surface area contributed by atoms with Crippen LogP contribution in [0.2, 0.25) is 0 Å². The third kappa shape index (κ3) is 6.50. The SMILES string of the molecule is C1=c2ccc(N(c3ccccc3)c3ccccc3-c3ccccc3)cc2=CC2c3cc4cc(N(c5ccccc5)c5ccccc5-c5ccccc5)ccc4cc3SC12. The summed E-state index contributed by atoms with van der Waals surface area (Å²) in [5.74, 6) is 0.275. The lowest BCUT2D eigenvalue weighted by molar-refractivity contribution is 0.948. The number of hydrogen-bond acceptors (Lipinski definition) is 3. The van der Waals surface area contributed by atoms with Gasteiger partial charge in [-0.3, -0.25) is 0 Å². The van der Waals surface area contributed by atoms with Crippen LogP contribution < -0.4 is 20.2 Å². The summed E-state index contributed by atoms with van der Waals surface area (Å²) in [6, 6.07) is 79.2. The number of benzene rings is 9. The van der Waals surface area contributed by atoms with E-state index in [0.29, 0.717) is 5.25 Å². The predicted octanol–water partition coefficient (Wildman–Crippen LogP) is 13.9. The lowest BCUT2D eigenvalue weighted by atomic mass is 9.89. The van der Waals surface area contributed by atoms with E-state index in [9.17, 15) is 0 Å². The van der Waals surface area contributed by atoms with Gasteiger partial charge in [-0.2, -0.15) is 0 Å². The van der Waals surface area contributed by atoms with Crippen LogP contribution in [0.5, 0.6) is 0 Å². The molecular formula is C56H40N2S. The summed E-state index contributed by atoms with van der Waals surface area (Å²) >= 11 is 2.00. The zero-order valence-corrected chi connectivity index (χ0v) is 33.2. The van der Waals surface area contributed by atoms with Crippen molar-refractivity contribution in [3.63, 3.8) is 0 Å². The minimum Gasteiger partial charge on any atom is -0.310 e. The van der Waals surface area contributed by atoms with Gasteiger partial charge in [-0.1, -0.05) is 158 Å². The normalized spacial score (nSPS) is 15.0. The summed E-state index contributed by atoms with van der Waals surface area (Å²) in [5, 5.41) is 5.43. The average Bonchev–Trinajstić information content (AvgIpc) is 3.65. The van der Waals surface area contributed by atoms with Crippen molar-refractivity contribution < 1.29 is 0 Å². The number of para-hydroxylation sites is 4. The molecule has 2 unspecified atom stereocenters. The van der Waals surface area contributed by atoms with E-state index in [-0.39, 0.29) is 5.92 Å². The Balaban J connectivity index is 1.01. The van der Waals surface area contributed by atoms with Crippen molar-refractivity contribution in [3.8, 4) is 22.3 Å². The molecular weight excluding hydrogens is 733 g/mol. The van der Waals surface area contributed by atoms with E-state index >= 15 is 0 Å². The molecule has 0 N–H and O–H groups in total. The molecule has 0 radical (unpaired) electrons. The number of thioether (sulfide) groups is 1. The molecule has 0 amide bonds. The van der Waals surface area contributed by atoms with Gasteiger partial charge < -0.3 is 9.80 Å². The van der Waals surface area contributed by atoms with Crippen molar-refractivity contribution in [2.24, 2.45) is 0 Å². The van der Waals surface area contributed by atoms with Gasteiger partial charge in [0.25, 0.3) is 0 Å². The summed E-state index contributed by atoms with van der Waals surface area (Å²) in [6.07, 6.45) is 5.02. The van der Waals surface area contributed by atoms with E-state index in [1.165, 1.54) is 53.9 Å². The lowest BCUT2D eigenvalue weighted by Gasteiger charge is -2.28. The van der Waals surface area contributed by atoms with Crippen LogP contribution in [-0.4, -0.2) is 5.25 Å². The molecule has 280 valence electrons. The Morgan fingerprint density at radius 1 is 0.356 bits per heavy atom. The third-order valence-electron chi connectivity index (χ3n) is 11.7. The van der Waals surface area contributed by atoms with E-state index in [1.54, 1.807) is 0 Å². The zero-order chi connectivity index (χ0) is 39.1. The van der Waals surface area contributed by atoms with E-state index in [2.05, 4.69) is 240 Å². The van der Waals surface area contributed by atoms with E-state index < -0.39 is 0 Å². The smallest absolute Gasteiger partial charge is 0.0540 e. The molecule has 0 saturated heterocycles. The first-order valence-corrected chi connectivity index (χ1v) is 21.2. The summed E-state index contributed by atoms with van der Waals surface area (Å²) in [4.78, 5) is 6.18. The molecule has 11 rings (SSSR count). The first kappa shape index (κ1) is 35.1. The Morgan fingerprint density at radius 2 is 0.864 bits per heavy atom. The number of fused-ring (bicyclic) bond motifs is 5. The quantitative estimate of drug-likeness (QED) is 0.152. The predicted molar refractivity (Wildman–Crippen MR) is 251 cm³/mol. The van der Waals surface area contributed by atoms with Gasteiger partial charge >= 0.3 is 0 Å². The Kier molecular flexibility index (Phi) is 8.94. The molecule has 1 aliphatic heterocycles. The number of rotatable bonds is 8. The lowest BCUT2D eigenvalue weighted by Crippen LogP contribution is -2.32. The summed E-state index contributed by atoms with van der Waals surface area (Å²) in [7, 11) is 0. The van der Waals surface area contributed by atoms with Gasteiger partial charge in [-0.05, 0) is 111 Å². The van der Waals surface area contributed by atoms with Gasteiger partial charge in [0, 0.05) is 49.9 Å². The highest BCUT2D eigenvalue weighted by molar-refractivity contribution is 8.00. The largest absolute Gasteiger partial charge is 0.310 e. The van der Waals surface area contributed by atoms with Crippen LogP contribution in [0.15, 0.2) is 223 Å². The van der Waals surface area contributed by atoms with Gasteiger partial charge in [-0.15, -0.1) is 11.8 Å². The number of hydrogen-bond donors (Lipinski definition) is 0. The maximum atomic E-state index is 2.52. The fourth-order valence-corrected chi connectivity index (χ4v) is 10.3. The molecule has 9 aromatic carbocycles. The minimum absolute atomic E-state index is 0.275. The highest BCUT2D eigenvalue weighted by Crippen LogP contribution is 2.50. The zero-order valence-electron chi connectivity index (χ0n) is 32.4. The molecule has 59 heavy (non-hydrogen) atoms.